The first-order valence-corrected chi connectivity index (χ1v) is 3.65. The van der Waals surface area contributed by atoms with Gasteiger partial charge in [-0.2, -0.15) is 0 Å². The van der Waals surface area contributed by atoms with Gasteiger partial charge < -0.3 is 5.73 Å². The highest BCUT2D eigenvalue weighted by molar-refractivity contribution is 6.31. The highest BCUT2D eigenvalue weighted by atomic mass is 35.5. The van der Waals surface area contributed by atoms with Gasteiger partial charge in [0.2, 0.25) is 0 Å². The first-order valence-electron chi connectivity index (χ1n) is 3.28. The second-order valence-corrected chi connectivity index (χ2v) is 2.61. The van der Waals surface area contributed by atoms with Crippen molar-refractivity contribution in [3.05, 3.63) is 28.8 Å². The van der Waals surface area contributed by atoms with Crippen molar-refractivity contribution in [2.45, 2.75) is 13.3 Å². The Morgan fingerprint density at radius 3 is 2.70 bits per heavy atom. The Kier molecular flexibility index (Phi) is 2.17. The van der Waals surface area contributed by atoms with E-state index in [1.807, 2.05) is 18.2 Å². The maximum absolute atomic E-state index is 5.84. The fourth-order valence-electron chi connectivity index (χ4n) is 0.866. The van der Waals surface area contributed by atoms with Gasteiger partial charge in [-0.3, -0.25) is 0 Å². The van der Waals surface area contributed by atoms with Gasteiger partial charge in [-0.25, -0.2) is 0 Å². The Balaban J connectivity index is 3.09. The van der Waals surface area contributed by atoms with Gasteiger partial charge in [-0.15, -0.1) is 0 Å². The van der Waals surface area contributed by atoms with Crippen LogP contribution in [-0.4, -0.2) is 0 Å². The van der Waals surface area contributed by atoms with Crippen molar-refractivity contribution >= 4 is 17.3 Å². The van der Waals surface area contributed by atoms with Gasteiger partial charge in [-0.1, -0.05) is 18.5 Å². The number of anilines is 1. The molecule has 0 unspecified atom stereocenters. The smallest absolute Gasteiger partial charge is 0.0439 e. The minimum absolute atomic E-state index is 0.779. The molecule has 0 saturated heterocycles. The summed E-state index contributed by atoms with van der Waals surface area (Å²) in [4.78, 5) is 0. The zero-order chi connectivity index (χ0) is 7.56. The van der Waals surface area contributed by atoms with Crippen LogP contribution < -0.4 is 5.73 Å². The third kappa shape index (κ3) is 1.42. The highest BCUT2D eigenvalue weighted by Gasteiger charge is 1.95. The van der Waals surface area contributed by atoms with E-state index in [4.69, 9.17) is 17.3 Å². The first kappa shape index (κ1) is 7.42. The van der Waals surface area contributed by atoms with Crippen LogP contribution in [0.2, 0.25) is 5.02 Å². The summed E-state index contributed by atoms with van der Waals surface area (Å²) >= 11 is 5.84. The maximum Gasteiger partial charge on any atom is 0.0439 e. The van der Waals surface area contributed by atoms with Crippen LogP contribution in [0.3, 0.4) is 0 Å². The van der Waals surface area contributed by atoms with Crippen LogP contribution in [0.1, 0.15) is 12.5 Å². The third-order valence-electron chi connectivity index (χ3n) is 1.45. The summed E-state index contributed by atoms with van der Waals surface area (Å²) in [6.07, 6.45) is 0.934. The molecular formula is C8H10ClN. The molecule has 0 amide bonds. The zero-order valence-corrected chi connectivity index (χ0v) is 6.65. The molecule has 1 nitrogen and oxygen atoms in total. The number of benzene rings is 1. The van der Waals surface area contributed by atoms with Crippen molar-refractivity contribution < 1.29 is 0 Å². The summed E-state index contributed by atoms with van der Waals surface area (Å²) in [6, 6.07) is 5.54. The molecule has 1 aromatic rings. The molecule has 2 heteroatoms. The maximum atomic E-state index is 5.84. The third-order valence-corrected chi connectivity index (χ3v) is 1.82. The van der Waals surface area contributed by atoms with Crippen LogP contribution in [0.4, 0.5) is 5.69 Å². The Hall–Kier alpha value is -0.690. The Labute approximate surface area is 65.8 Å². The number of hydrogen-bond acceptors (Lipinski definition) is 1. The van der Waals surface area contributed by atoms with E-state index in [0.29, 0.717) is 0 Å². The molecule has 0 aliphatic rings. The van der Waals surface area contributed by atoms with E-state index < -0.39 is 0 Å². The lowest BCUT2D eigenvalue weighted by molar-refractivity contribution is 1.14. The molecule has 1 rings (SSSR count). The van der Waals surface area contributed by atoms with E-state index in [9.17, 15) is 0 Å². The van der Waals surface area contributed by atoms with Gasteiger partial charge in [0.25, 0.3) is 0 Å². The molecule has 0 heterocycles. The quantitative estimate of drug-likeness (QED) is 0.620. The zero-order valence-electron chi connectivity index (χ0n) is 5.89. The summed E-state index contributed by atoms with van der Waals surface area (Å²) < 4.78 is 0. The number of rotatable bonds is 1. The highest BCUT2D eigenvalue weighted by Crippen LogP contribution is 2.18. The number of nitrogen functional groups attached to an aromatic ring is 1. The minimum atomic E-state index is 0.779. The number of aryl methyl sites for hydroxylation is 1. The van der Waals surface area contributed by atoms with Gasteiger partial charge in [0.1, 0.15) is 0 Å². The van der Waals surface area contributed by atoms with E-state index in [1.54, 1.807) is 0 Å². The van der Waals surface area contributed by atoms with Crippen LogP contribution >= 0.6 is 11.6 Å². The summed E-state index contributed by atoms with van der Waals surface area (Å²) in [5.74, 6) is 0. The molecular weight excluding hydrogens is 146 g/mol. The monoisotopic (exact) mass is 155 g/mol. The van der Waals surface area contributed by atoms with Crippen LogP contribution in [0, 0.1) is 0 Å². The van der Waals surface area contributed by atoms with Gasteiger partial charge in [-0.05, 0) is 30.2 Å². The SMILES string of the molecule is CCc1cc(N)ccc1Cl. The van der Waals surface area contributed by atoms with Crippen LogP contribution in [0.15, 0.2) is 18.2 Å². The Morgan fingerprint density at radius 1 is 1.50 bits per heavy atom. The lowest BCUT2D eigenvalue weighted by Gasteiger charge is -2.00. The van der Waals surface area contributed by atoms with Crippen molar-refractivity contribution in [3.63, 3.8) is 0 Å². The second kappa shape index (κ2) is 2.93. The molecule has 0 bridgehead atoms. The molecule has 1 aromatic carbocycles. The van der Waals surface area contributed by atoms with Crippen molar-refractivity contribution in [1.82, 2.24) is 0 Å². The molecule has 0 spiro atoms. The summed E-state index contributed by atoms with van der Waals surface area (Å²) in [5, 5.41) is 0.803. The van der Waals surface area contributed by atoms with E-state index >= 15 is 0 Å². The fraction of sp³-hybridized carbons (Fsp3) is 0.250. The second-order valence-electron chi connectivity index (χ2n) is 2.20. The lowest BCUT2D eigenvalue weighted by atomic mass is 10.1. The topological polar surface area (TPSA) is 26.0 Å². The molecule has 0 fully saturated rings. The predicted molar refractivity (Wildman–Crippen MR) is 45.2 cm³/mol. The minimum Gasteiger partial charge on any atom is -0.399 e. The summed E-state index contributed by atoms with van der Waals surface area (Å²) in [6.45, 7) is 2.06. The lowest BCUT2D eigenvalue weighted by Crippen LogP contribution is -1.87. The average molecular weight is 156 g/mol. The number of hydrogen-bond donors (Lipinski definition) is 1. The molecule has 0 saturated carbocycles. The van der Waals surface area contributed by atoms with Gasteiger partial charge in [0, 0.05) is 10.7 Å². The van der Waals surface area contributed by atoms with Crippen LogP contribution in [0.5, 0.6) is 0 Å². The molecule has 0 aliphatic heterocycles. The molecule has 0 atom stereocenters. The first-order chi connectivity index (χ1) is 4.74. The summed E-state index contributed by atoms with van der Waals surface area (Å²) in [7, 11) is 0. The van der Waals surface area contributed by atoms with Crippen molar-refractivity contribution in [1.29, 1.82) is 0 Å². The van der Waals surface area contributed by atoms with Crippen molar-refractivity contribution in [3.8, 4) is 0 Å². The molecule has 54 valence electrons. The Bertz CT molecular complexity index is 233. The van der Waals surface area contributed by atoms with Gasteiger partial charge in [0.05, 0.1) is 0 Å². The molecule has 0 radical (unpaired) electrons. The van der Waals surface area contributed by atoms with Gasteiger partial charge >= 0.3 is 0 Å². The fourth-order valence-corrected chi connectivity index (χ4v) is 1.12. The Morgan fingerprint density at radius 2 is 2.20 bits per heavy atom. The van der Waals surface area contributed by atoms with Crippen LogP contribution in [-0.2, 0) is 6.42 Å². The molecule has 0 aromatic heterocycles. The standard InChI is InChI=1S/C8H10ClN/c1-2-6-5-7(10)3-4-8(6)9/h3-5H,2,10H2,1H3. The molecule has 2 N–H and O–H groups in total. The van der Waals surface area contributed by atoms with Crippen molar-refractivity contribution in [2.24, 2.45) is 0 Å². The van der Waals surface area contributed by atoms with E-state index in [1.165, 1.54) is 0 Å². The summed E-state index contributed by atoms with van der Waals surface area (Å²) in [5.41, 5.74) is 7.44. The predicted octanol–water partition coefficient (Wildman–Crippen LogP) is 2.48. The van der Waals surface area contributed by atoms with Gasteiger partial charge in [0.15, 0.2) is 0 Å². The molecule has 0 aliphatic carbocycles. The number of nitrogens with two attached hydrogens (primary N) is 1. The average Bonchev–Trinajstić information content (AvgIpc) is 1.94. The van der Waals surface area contributed by atoms with E-state index in [-0.39, 0.29) is 0 Å². The molecule has 10 heavy (non-hydrogen) atoms. The van der Waals surface area contributed by atoms with Crippen LogP contribution in [0.25, 0.3) is 0 Å². The normalized spacial score (nSPS) is 9.80. The van der Waals surface area contributed by atoms with Crippen molar-refractivity contribution in [2.75, 3.05) is 5.73 Å². The van der Waals surface area contributed by atoms with E-state index in [2.05, 4.69) is 6.92 Å². The number of halogens is 1. The largest absolute Gasteiger partial charge is 0.399 e. The van der Waals surface area contributed by atoms with E-state index in [0.717, 1.165) is 22.7 Å².